The Morgan fingerprint density at radius 2 is 2.04 bits per heavy atom. The first-order valence-electron chi connectivity index (χ1n) is 9.41. The number of aromatic amines is 1. The number of carbonyl (C=O) groups is 3. The Morgan fingerprint density at radius 3 is 2.57 bits per heavy atom. The average Bonchev–Trinajstić information content (AvgIpc) is 3.02. The predicted octanol–water partition coefficient (Wildman–Crippen LogP) is 0.832. The van der Waals surface area contributed by atoms with Gasteiger partial charge in [0.05, 0.1) is 14.2 Å². The maximum absolute atomic E-state index is 12.7. The first-order chi connectivity index (χ1) is 13.2. The Hall–Kier alpha value is -2.58. The summed E-state index contributed by atoms with van der Waals surface area (Å²) in [5.41, 5.74) is -0.867. The summed E-state index contributed by atoms with van der Waals surface area (Å²) >= 11 is 0. The van der Waals surface area contributed by atoms with Crippen molar-refractivity contribution in [2.45, 2.75) is 27.2 Å². The van der Waals surface area contributed by atoms with E-state index in [1.807, 2.05) is 6.92 Å². The second-order valence-corrected chi connectivity index (χ2v) is 8.47. The molecule has 1 aliphatic carbocycles. The summed E-state index contributed by atoms with van der Waals surface area (Å²) in [6, 6.07) is 1.57. The van der Waals surface area contributed by atoms with Gasteiger partial charge in [-0.1, -0.05) is 20.8 Å². The number of nitrogens with zero attached hydrogens (tertiary/aromatic N) is 2. The highest BCUT2D eigenvalue weighted by Gasteiger charge is 2.64. The average molecular weight is 392 g/mol. The molecule has 1 aromatic heterocycles. The molecule has 1 saturated carbocycles. The molecule has 1 aliphatic heterocycles. The summed E-state index contributed by atoms with van der Waals surface area (Å²) in [6.07, 6.45) is 0.506. The minimum Gasteiger partial charge on any atom is -0.480 e. The van der Waals surface area contributed by atoms with E-state index in [9.17, 15) is 14.4 Å². The number of likely N-dealkylation sites (tertiary alicyclic amines) is 1. The standard InChI is InChI=1S/C19H28N4O5/c1-11-7-19(11,17(26)28-5)16(25)20-8-12-9-23(10-18(12,2)3)15(24)13-6-14(27-4)22-21-13/h6,11-12H,7-10H2,1-5H3,(H,20,25)(H,21,22). The highest BCUT2D eigenvalue weighted by molar-refractivity contribution is 6.06. The second kappa shape index (κ2) is 7.10. The number of H-pyrrole nitrogens is 1. The number of carbonyl (C=O) groups excluding carboxylic acids is 3. The van der Waals surface area contributed by atoms with Crippen LogP contribution in [-0.4, -0.2) is 66.7 Å². The van der Waals surface area contributed by atoms with Crippen LogP contribution in [0.3, 0.4) is 0 Å². The Kier molecular flexibility index (Phi) is 5.12. The van der Waals surface area contributed by atoms with Crippen LogP contribution in [0.2, 0.25) is 0 Å². The second-order valence-electron chi connectivity index (χ2n) is 8.47. The Morgan fingerprint density at radius 1 is 1.36 bits per heavy atom. The third-order valence-electron chi connectivity index (χ3n) is 6.20. The van der Waals surface area contributed by atoms with E-state index in [-0.39, 0.29) is 29.1 Å². The lowest BCUT2D eigenvalue weighted by atomic mass is 9.82. The van der Waals surface area contributed by atoms with Gasteiger partial charge in [0, 0.05) is 31.6 Å². The molecule has 0 bridgehead atoms. The number of amides is 2. The maximum Gasteiger partial charge on any atom is 0.321 e. The molecule has 2 fully saturated rings. The van der Waals surface area contributed by atoms with Crippen LogP contribution in [0, 0.1) is 22.7 Å². The number of ether oxygens (including phenoxy) is 2. The zero-order valence-electron chi connectivity index (χ0n) is 17.0. The molecule has 28 heavy (non-hydrogen) atoms. The minimum absolute atomic E-state index is 0.0232. The molecule has 3 rings (SSSR count). The molecule has 2 aliphatic rings. The van der Waals surface area contributed by atoms with Gasteiger partial charge in [0.1, 0.15) is 11.1 Å². The fraction of sp³-hybridized carbons (Fsp3) is 0.684. The number of hydrogen-bond acceptors (Lipinski definition) is 6. The van der Waals surface area contributed by atoms with Gasteiger partial charge in [-0.25, -0.2) is 0 Å². The molecular formula is C19H28N4O5. The molecule has 2 N–H and O–H groups in total. The minimum atomic E-state index is -1.06. The van der Waals surface area contributed by atoms with Crippen molar-refractivity contribution in [1.29, 1.82) is 0 Å². The Bertz CT molecular complexity index is 789. The summed E-state index contributed by atoms with van der Waals surface area (Å²) in [6.45, 7) is 7.48. The molecule has 3 atom stereocenters. The zero-order valence-corrected chi connectivity index (χ0v) is 17.0. The Labute approximate surface area is 164 Å². The smallest absolute Gasteiger partial charge is 0.321 e. The van der Waals surface area contributed by atoms with Crippen LogP contribution in [0.1, 0.15) is 37.7 Å². The molecule has 0 spiro atoms. The zero-order chi connectivity index (χ0) is 20.7. The van der Waals surface area contributed by atoms with Crippen molar-refractivity contribution in [2.75, 3.05) is 33.9 Å². The summed E-state index contributed by atoms with van der Waals surface area (Å²) in [5, 5.41) is 9.53. The van der Waals surface area contributed by atoms with Crippen LogP contribution in [0.15, 0.2) is 6.07 Å². The molecule has 9 heteroatoms. The van der Waals surface area contributed by atoms with Gasteiger partial charge in [0.25, 0.3) is 5.91 Å². The normalized spacial score (nSPS) is 28.0. The van der Waals surface area contributed by atoms with Crippen LogP contribution in [0.25, 0.3) is 0 Å². The van der Waals surface area contributed by atoms with Gasteiger partial charge in [-0.2, -0.15) is 0 Å². The van der Waals surface area contributed by atoms with E-state index in [1.54, 1.807) is 11.0 Å². The van der Waals surface area contributed by atoms with Crippen molar-refractivity contribution in [3.8, 4) is 5.88 Å². The highest BCUT2D eigenvalue weighted by atomic mass is 16.5. The number of hydrogen-bond donors (Lipinski definition) is 2. The molecule has 9 nitrogen and oxygen atoms in total. The monoisotopic (exact) mass is 392 g/mol. The number of esters is 1. The number of rotatable bonds is 6. The van der Waals surface area contributed by atoms with E-state index >= 15 is 0 Å². The summed E-state index contributed by atoms with van der Waals surface area (Å²) < 4.78 is 9.83. The summed E-state index contributed by atoms with van der Waals surface area (Å²) in [7, 11) is 2.79. The number of aromatic nitrogens is 2. The van der Waals surface area contributed by atoms with E-state index in [2.05, 4.69) is 29.4 Å². The molecule has 154 valence electrons. The fourth-order valence-electron chi connectivity index (χ4n) is 4.06. The van der Waals surface area contributed by atoms with Gasteiger partial charge in [-0.3, -0.25) is 19.5 Å². The largest absolute Gasteiger partial charge is 0.480 e. The van der Waals surface area contributed by atoms with Crippen LogP contribution < -0.4 is 10.1 Å². The molecular weight excluding hydrogens is 364 g/mol. The van der Waals surface area contributed by atoms with E-state index < -0.39 is 11.4 Å². The lowest BCUT2D eigenvalue weighted by Crippen LogP contribution is -2.43. The van der Waals surface area contributed by atoms with Crippen LogP contribution in [-0.2, 0) is 14.3 Å². The van der Waals surface area contributed by atoms with Gasteiger partial charge in [-0.05, 0) is 17.8 Å². The van der Waals surface area contributed by atoms with Crippen LogP contribution in [0.5, 0.6) is 5.88 Å². The molecule has 1 aromatic rings. The topological polar surface area (TPSA) is 114 Å². The highest BCUT2D eigenvalue weighted by Crippen LogP contribution is 2.53. The van der Waals surface area contributed by atoms with Crippen molar-refractivity contribution in [3.63, 3.8) is 0 Å². The van der Waals surface area contributed by atoms with E-state index in [0.717, 1.165) is 0 Å². The van der Waals surface area contributed by atoms with Gasteiger partial charge in [0.2, 0.25) is 11.8 Å². The maximum atomic E-state index is 12.7. The van der Waals surface area contributed by atoms with Crippen LogP contribution >= 0.6 is 0 Å². The first-order valence-corrected chi connectivity index (χ1v) is 9.41. The Balaban J connectivity index is 1.62. The quantitative estimate of drug-likeness (QED) is 0.548. The molecule has 3 unspecified atom stereocenters. The summed E-state index contributed by atoms with van der Waals surface area (Å²) in [5.74, 6) is -0.519. The number of nitrogens with one attached hydrogen (secondary N) is 2. The van der Waals surface area contributed by atoms with Gasteiger partial charge >= 0.3 is 5.97 Å². The molecule has 0 radical (unpaired) electrons. The third kappa shape index (κ3) is 3.33. The fourth-order valence-corrected chi connectivity index (χ4v) is 4.06. The van der Waals surface area contributed by atoms with Crippen molar-refractivity contribution in [3.05, 3.63) is 11.8 Å². The van der Waals surface area contributed by atoms with E-state index in [4.69, 9.17) is 9.47 Å². The van der Waals surface area contributed by atoms with E-state index in [0.29, 0.717) is 37.6 Å². The molecule has 2 amide bonds. The molecule has 1 saturated heterocycles. The van der Waals surface area contributed by atoms with E-state index in [1.165, 1.54) is 14.2 Å². The van der Waals surface area contributed by atoms with Crippen molar-refractivity contribution in [1.82, 2.24) is 20.4 Å². The van der Waals surface area contributed by atoms with Crippen molar-refractivity contribution < 1.29 is 23.9 Å². The van der Waals surface area contributed by atoms with Crippen molar-refractivity contribution >= 4 is 17.8 Å². The summed E-state index contributed by atoms with van der Waals surface area (Å²) in [4.78, 5) is 39.2. The van der Waals surface area contributed by atoms with Gasteiger partial charge in [-0.15, -0.1) is 5.10 Å². The number of methoxy groups -OCH3 is 2. The van der Waals surface area contributed by atoms with Crippen LogP contribution in [0.4, 0.5) is 0 Å². The first kappa shape index (κ1) is 20.2. The predicted molar refractivity (Wildman–Crippen MR) is 99.6 cm³/mol. The molecule has 2 heterocycles. The lowest BCUT2D eigenvalue weighted by molar-refractivity contribution is -0.152. The molecule has 0 aromatic carbocycles. The van der Waals surface area contributed by atoms with Gasteiger partial charge < -0.3 is 19.7 Å². The SMILES string of the molecule is COC(=O)C1(C(=O)NCC2CN(C(=O)c3cc(OC)n[nH]3)CC2(C)C)CC1C. The van der Waals surface area contributed by atoms with Crippen molar-refractivity contribution in [2.24, 2.45) is 22.7 Å². The third-order valence-corrected chi connectivity index (χ3v) is 6.20. The van der Waals surface area contributed by atoms with Gasteiger partial charge in [0.15, 0.2) is 0 Å². The lowest BCUT2D eigenvalue weighted by Gasteiger charge is -2.26.